The third-order valence-corrected chi connectivity index (χ3v) is 4.07. The van der Waals surface area contributed by atoms with Crippen LogP contribution in [0.5, 0.6) is 5.75 Å². The van der Waals surface area contributed by atoms with Crippen molar-refractivity contribution >= 4 is 33.2 Å². The van der Waals surface area contributed by atoms with Gasteiger partial charge in [-0.25, -0.2) is 0 Å². The molecule has 0 bridgehead atoms. The second-order valence-electron chi connectivity index (χ2n) is 5.09. The first-order valence-corrected chi connectivity index (χ1v) is 7.80. The highest BCUT2D eigenvalue weighted by Gasteiger charge is 2.32. The van der Waals surface area contributed by atoms with Crippen LogP contribution in [0.3, 0.4) is 0 Å². The van der Waals surface area contributed by atoms with E-state index < -0.39 is 4.92 Å². The Balaban J connectivity index is 1.81. The lowest BCUT2D eigenvalue weighted by molar-refractivity contribution is -0.384. The van der Waals surface area contributed by atoms with E-state index in [0.29, 0.717) is 28.9 Å². The molecule has 0 spiro atoms. The monoisotopic (exact) mass is 376 g/mol. The second kappa shape index (κ2) is 6.37. The maximum absolute atomic E-state index is 12.4. The van der Waals surface area contributed by atoms with Crippen LogP contribution in [-0.2, 0) is 11.2 Å². The summed E-state index contributed by atoms with van der Waals surface area (Å²) >= 11 is 3.27. The van der Waals surface area contributed by atoms with Gasteiger partial charge in [0.1, 0.15) is 11.4 Å². The summed E-state index contributed by atoms with van der Waals surface area (Å²) in [6.45, 7) is 0.264. The van der Waals surface area contributed by atoms with E-state index in [1.165, 1.54) is 11.0 Å². The van der Waals surface area contributed by atoms with Crippen molar-refractivity contribution in [2.45, 2.75) is 6.42 Å². The lowest BCUT2D eigenvalue weighted by Crippen LogP contribution is -2.33. The number of rotatable bonds is 4. The molecule has 1 aliphatic heterocycles. The molecule has 0 atom stereocenters. The quantitative estimate of drug-likeness (QED) is 0.605. The van der Waals surface area contributed by atoms with Crippen LogP contribution in [0, 0.1) is 10.1 Å². The Bertz CT molecular complexity index is 764. The summed E-state index contributed by atoms with van der Waals surface area (Å²) in [5, 5.41) is 11.3. The second-order valence-corrected chi connectivity index (χ2v) is 6.00. The third kappa shape index (κ3) is 3.19. The van der Waals surface area contributed by atoms with Gasteiger partial charge in [-0.15, -0.1) is 0 Å². The fourth-order valence-electron chi connectivity index (χ4n) is 2.61. The van der Waals surface area contributed by atoms with Crippen LogP contribution in [0.1, 0.15) is 5.56 Å². The molecule has 6 nitrogen and oxygen atoms in total. The molecule has 1 aliphatic rings. The summed E-state index contributed by atoms with van der Waals surface area (Å²) in [5.74, 6) is 0.295. The molecule has 2 aromatic carbocycles. The molecule has 1 heterocycles. The van der Waals surface area contributed by atoms with Crippen LogP contribution in [-0.4, -0.2) is 24.0 Å². The number of fused-ring (bicyclic) bond motifs is 1. The average molecular weight is 377 g/mol. The van der Waals surface area contributed by atoms with Crippen molar-refractivity contribution in [3.63, 3.8) is 0 Å². The van der Waals surface area contributed by atoms with Crippen molar-refractivity contribution in [1.29, 1.82) is 0 Å². The molecule has 0 saturated heterocycles. The maximum atomic E-state index is 12.4. The van der Waals surface area contributed by atoms with Crippen LogP contribution < -0.4 is 9.64 Å². The number of ether oxygens (including phenoxy) is 1. The van der Waals surface area contributed by atoms with Crippen molar-refractivity contribution in [2.75, 3.05) is 18.1 Å². The fraction of sp³-hybridized carbons (Fsp3) is 0.188. The highest BCUT2D eigenvalue weighted by atomic mass is 79.9. The van der Waals surface area contributed by atoms with E-state index >= 15 is 0 Å². The lowest BCUT2D eigenvalue weighted by atomic mass is 10.1. The van der Waals surface area contributed by atoms with Crippen molar-refractivity contribution < 1.29 is 14.5 Å². The van der Waals surface area contributed by atoms with Gasteiger partial charge in [0.25, 0.3) is 11.6 Å². The predicted molar refractivity (Wildman–Crippen MR) is 88.8 cm³/mol. The highest BCUT2D eigenvalue weighted by Crippen LogP contribution is 2.39. The molecular weight excluding hydrogens is 364 g/mol. The van der Waals surface area contributed by atoms with Gasteiger partial charge in [0, 0.05) is 17.1 Å². The topological polar surface area (TPSA) is 72.7 Å². The number of carbonyl (C=O) groups excluding carboxylic acids is 1. The number of amides is 1. The number of hydrogen-bond donors (Lipinski definition) is 0. The number of para-hydroxylation sites is 1. The first kappa shape index (κ1) is 15.5. The number of nitro groups is 1. The summed E-state index contributed by atoms with van der Waals surface area (Å²) in [6, 6.07) is 12.2. The van der Waals surface area contributed by atoms with Gasteiger partial charge in [-0.1, -0.05) is 34.1 Å². The summed E-state index contributed by atoms with van der Waals surface area (Å²) < 4.78 is 6.09. The minimum atomic E-state index is -0.465. The Hall–Kier alpha value is -2.41. The van der Waals surface area contributed by atoms with Gasteiger partial charge < -0.3 is 9.64 Å². The molecule has 0 radical (unpaired) electrons. The van der Waals surface area contributed by atoms with Gasteiger partial charge in [-0.2, -0.15) is 0 Å². The number of anilines is 1. The molecule has 7 heteroatoms. The van der Waals surface area contributed by atoms with Crippen LogP contribution in [0.2, 0.25) is 0 Å². The normalized spacial score (nSPS) is 12.8. The van der Waals surface area contributed by atoms with Crippen molar-refractivity contribution in [2.24, 2.45) is 0 Å². The number of nitro benzene ring substituents is 1. The lowest BCUT2D eigenvalue weighted by Gasteiger charge is -2.17. The molecule has 118 valence electrons. The van der Waals surface area contributed by atoms with Crippen molar-refractivity contribution in [3.8, 4) is 5.75 Å². The average Bonchev–Trinajstić information content (AvgIpc) is 2.96. The summed E-state index contributed by atoms with van der Waals surface area (Å²) in [5.41, 5.74) is 1.10. The van der Waals surface area contributed by atoms with Crippen molar-refractivity contribution in [3.05, 3.63) is 62.6 Å². The standard InChI is InChI=1S/C16H13BrN2O4/c17-12-8-11-6-7-18(16(11)14(9-12)19(21)22)15(20)10-23-13-4-2-1-3-5-13/h1-5,8-9H,6-7,10H2. The van der Waals surface area contributed by atoms with E-state index in [0.717, 1.165) is 5.56 Å². The molecule has 0 aliphatic carbocycles. The molecule has 0 unspecified atom stereocenters. The first-order chi connectivity index (χ1) is 11.1. The van der Waals surface area contributed by atoms with E-state index in [4.69, 9.17) is 4.74 Å². The zero-order valence-electron chi connectivity index (χ0n) is 12.1. The first-order valence-electron chi connectivity index (χ1n) is 7.01. The van der Waals surface area contributed by atoms with Gasteiger partial charge in [0.15, 0.2) is 6.61 Å². The Morgan fingerprint density at radius 2 is 2.04 bits per heavy atom. The molecule has 0 fully saturated rings. The van der Waals surface area contributed by atoms with Gasteiger partial charge in [0.2, 0.25) is 0 Å². The van der Waals surface area contributed by atoms with Crippen LogP contribution in [0.15, 0.2) is 46.9 Å². The van der Waals surface area contributed by atoms with Gasteiger partial charge in [-0.3, -0.25) is 14.9 Å². The largest absolute Gasteiger partial charge is 0.484 e. The Kier molecular flexibility index (Phi) is 4.29. The zero-order chi connectivity index (χ0) is 16.4. The molecule has 2 aromatic rings. The third-order valence-electron chi connectivity index (χ3n) is 3.61. The maximum Gasteiger partial charge on any atom is 0.294 e. The van der Waals surface area contributed by atoms with Crippen LogP contribution >= 0.6 is 15.9 Å². The molecule has 0 N–H and O–H groups in total. The van der Waals surface area contributed by atoms with Crippen molar-refractivity contribution in [1.82, 2.24) is 0 Å². The van der Waals surface area contributed by atoms with E-state index in [2.05, 4.69) is 15.9 Å². The number of hydrogen-bond acceptors (Lipinski definition) is 4. The van der Waals surface area contributed by atoms with Gasteiger partial charge in [-0.05, 0) is 30.2 Å². The molecule has 0 aromatic heterocycles. The SMILES string of the molecule is O=C(COc1ccccc1)N1CCc2cc(Br)cc([N+](=O)[O-])c21. The number of nitrogens with zero attached hydrogens (tertiary/aromatic N) is 2. The number of halogens is 1. The van der Waals surface area contributed by atoms with E-state index in [-0.39, 0.29) is 18.2 Å². The van der Waals surface area contributed by atoms with Gasteiger partial charge in [0.05, 0.1) is 4.92 Å². The molecule has 0 saturated carbocycles. The molecule has 3 rings (SSSR count). The highest BCUT2D eigenvalue weighted by molar-refractivity contribution is 9.10. The Morgan fingerprint density at radius 1 is 1.30 bits per heavy atom. The Labute approximate surface area is 140 Å². The van der Waals surface area contributed by atoms with Crippen LogP contribution in [0.25, 0.3) is 0 Å². The van der Waals surface area contributed by atoms with E-state index in [1.807, 2.05) is 24.3 Å². The summed E-state index contributed by atoms with van der Waals surface area (Å²) in [4.78, 5) is 24.7. The fourth-order valence-corrected chi connectivity index (χ4v) is 3.11. The minimum absolute atomic E-state index is 0.0695. The summed E-state index contributed by atoms with van der Waals surface area (Å²) in [7, 11) is 0. The minimum Gasteiger partial charge on any atom is -0.484 e. The Morgan fingerprint density at radius 3 is 2.74 bits per heavy atom. The molecule has 1 amide bonds. The predicted octanol–water partition coefficient (Wildman–Crippen LogP) is 3.33. The van der Waals surface area contributed by atoms with E-state index in [1.54, 1.807) is 12.1 Å². The molecule has 23 heavy (non-hydrogen) atoms. The molecular formula is C16H13BrN2O4. The summed E-state index contributed by atoms with van der Waals surface area (Å²) in [6.07, 6.45) is 0.590. The van der Waals surface area contributed by atoms with Crippen LogP contribution in [0.4, 0.5) is 11.4 Å². The zero-order valence-corrected chi connectivity index (χ0v) is 13.7. The smallest absolute Gasteiger partial charge is 0.294 e. The number of carbonyl (C=O) groups is 1. The van der Waals surface area contributed by atoms with Gasteiger partial charge >= 0.3 is 0 Å². The van der Waals surface area contributed by atoms with E-state index in [9.17, 15) is 14.9 Å². The number of benzene rings is 2.